The number of hydrogen-bond acceptors (Lipinski definition) is 5. The van der Waals surface area contributed by atoms with E-state index in [4.69, 9.17) is 9.47 Å². The Bertz CT molecular complexity index is 641. The fraction of sp³-hybridized carbons (Fsp3) is 0.333. The molecule has 0 amide bonds. The SMILES string of the molecule is c1cc(-c2ccc3c(c2)OCCO3)nc(C2CNC2)n1. The van der Waals surface area contributed by atoms with E-state index in [0.717, 1.165) is 41.7 Å². The maximum atomic E-state index is 5.62. The summed E-state index contributed by atoms with van der Waals surface area (Å²) in [5.41, 5.74) is 1.96. The Labute approximate surface area is 117 Å². The second-order valence-corrected chi connectivity index (χ2v) is 5.01. The molecule has 2 aromatic rings. The van der Waals surface area contributed by atoms with Crippen LogP contribution in [0, 0.1) is 0 Å². The zero-order chi connectivity index (χ0) is 13.4. The third kappa shape index (κ3) is 2.00. The molecule has 5 nitrogen and oxygen atoms in total. The molecule has 4 rings (SSSR count). The highest BCUT2D eigenvalue weighted by atomic mass is 16.6. The smallest absolute Gasteiger partial charge is 0.162 e. The first-order chi connectivity index (χ1) is 9.90. The van der Waals surface area contributed by atoms with Gasteiger partial charge >= 0.3 is 0 Å². The monoisotopic (exact) mass is 269 g/mol. The van der Waals surface area contributed by atoms with E-state index in [1.54, 1.807) is 0 Å². The molecule has 3 heterocycles. The molecule has 0 spiro atoms. The average molecular weight is 269 g/mol. The van der Waals surface area contributed by atoms with E-state index in [1.807, 2.05) is 30.5 Å². The maximum Gasteiger partial charge on any atom is 0.162 e. The Balaban J connectivity index is 1.69. The minimum Gasteiger partial charge on any atom is -0.486 e. The van der Waals surface area contributed by atoms with Crippen molar-refractivity contribution in [2.24, 2.45) is 0 Å². The van der Waals surface area contributed by atoms with Gasteiger partial charge in [-0.05, 0) is 24.3 Å². The summed E-state index contributed by atoms with van der Waals surface area (Å²) in [5, 5.41) is 3.24. The number of fused-ring (bicyclic) bond motifs is 1. The van der Waals surface area contributed by atoms with Crippen molar-refractivity contribution < 1.29 is 9.47 Å². The molecule has 2 aliphatic rings. The van der Waals surface area contributed by atoms with Crippen molar-refractivity contribution in [2.45, 2.75) is 5.92 Å². The van der Waals surface area contributed by atoms with Crippen molar-refractivity contribution >= 4 is 0 Å². The first-order valence-corrected chi connectivity index (χ1v) is 6.84. The molecule has 0 saturated carbocycles. The van der Waals surface area contributed by atoms with Crippen LogP contribution in [0.5, 0.6) is 11.5 Å². The summed E-state index contributed by atoms with van der Waals surface area (Å²) in [6.07, 6.45) is 1.83. The Morgan fingerprint density at radius 1 is 1.05 bits per heavy atom. The molecule has 0 bridgehead atoms. The largest absolute Gasteiger partial charge is 0.486 e. The van der Waals surface area contributed by atoms with Gasteiger partial charge in [0, 0.05) is 30.8 Å². The summed E-state index contributed by atoms with van der Waals surface area (Å²) < 4.78 is 11.2. The fourth-order valence-corrected chi connectivity index (χ4v) is 2.41. The quantitative estimate of drug-likeness (QED) is 0.897. The molecular weight excluding hydrogens is 254 g/mol. The minimum atomic E-state index is 0.437. The fourth-order valence-electron chi connectivity index (χ4n) is 2.41. The van der Waals surface area contributed by atoms with Crippen LogP contribution < -0.4 is 14.8 Å². The van der Waals surface area contributed by atoms with Gasteiger partial charge in [-0.2, -0.15) is 0 Å². The number of nitrogens with zero attached hydrogens (tertiary/aromatic N) is 2. The van der Waals surface area contributed by atoms with Crippen LogP contribution in [-0.2, 0) is 0 Å². The first-order valence-electron chi connectivity index (χ1n) is 6.84. The van der Waals surface area contributed by atoms with Gasteiger partial charge in [0.05, 0.1) is 5.69 Å². The molecule has 2 aliphatic heterocycles. The van der Waals surface area contributed by atoms with Crippen molar-refractivity contribution in [2.75, 3.05) is 26.3 Å². The van der Waals surface area contributed by atoms with E-state index >= 15 is 0 Å². The van der Waals surface area contributed by atoms with Crippen molar-refractivity contribution in [3.8, 4) is 22.8 Å². The summed E-state index contributed by atoms with van der Waals surface area (Å²) in [4.78, 5) is 9.03. The van der Waals surface area contributed by atoms with Crippen molar-refractivity contribution in [3.63, 3.8) is 0 Å². The van der Waals surface area contributed by atoms with Gasteiger partial charge in [-0.15, -0.1) is 0 Å². The van der Waals surface area contributed by atoms with Crippen LogP contribution in [0.1, 0.15) is 11.7 Å². The maximum absolute atomic E-state index is 5.62. The second kappa shape index (κ2) is 4.76. The lowest BCUT2D eigenvalue weighted by Gasteiger charge is -2.25. The third-order valence-electron chi connectivity index (χ3n) is 3.66. The van der Waals surface area contributed by atoms with E-state index in [9.17, 15) is 0 Å². The van der Waals surface area contributed by atoms with Crippen molar-refractivity contribution in [1.29, 1.82) is 0 Å². The molecule has 0 atom stereocenters. The van der Waals surface area contributed by atoms with Gasteiger partial charge < -0.3 is 14.8 Å². The molecule has 0 radical (unpaired) electrons. The summed E-state index contributed by atoms with van der Waals surface area (Å²) >= 11 is 0. The highest BCUT2D eigenvalue weighted by Crippen LogP contribution is 2.34. The van der Waals surface area contributed by atoms with Crippen LogP contribution in [0.4, 0.5) is 0 Å². The number of benzene rings is 1. The first kappa shape index (κ1) is 11.7. The number of rotatable bonds is 2. The molecule has 1 saturated heterocycles. The van der Waals surface area contributed by atoms with Crippen LogP contribution in [0.3, 0.4) is 0 Å². The Kier molecular flexibility index (Phi) is 2.77. The van der Waals surface area contributed by atoms with Crippen LogP contribution >= 0.6 is 0 Å². The average Bonchev–Trinajstić information content (AvgIpc) is 2.45. The highest BCUT2D eigenvalue weighted by Gasteiger charge is 2.22. The molecule has 1 aromatic heterocycles. The molecule has 20 heavy (non-hydrogen) atoms. The number of aromatic nitrogens is 2. The predicted octanol–water partition coefficient (Wildman–Crippen LogP) is 1.60. The van der Waals surface area contributed by atoms with E-state index < -0.39 is 0 Å². The Hall–Kier alpha value is -2.14. The van der Waals surface area contributed by atoms with E-state index in [2.05, 4.69) is 15.3 Å². The van der Waals surface area contributed by atoms with Gasteiger partial charge in [0.15, 0.2) is 11.5 Å². The summed E-state index contributed by atoms with van der Waals surface area (Å²) in [7, 11) is 0. The molecule has 1 N–H and O–H groups in total. The standard InChI is InChI=1S/C15H15N3O2/c1-2-13-14(20-6-5-19-13)7-10(1)12-3-4-17-15(18-12)11-8-16-9-11/h1-4,7,11,16H,5-6,8-9H2. The molecule has 5 heteroatoms. The van der Waals surface area contributed by atoms with Gasteiger partial charge in [0.25, 0.3) is 0 Å². The number of nitrogens with one attached hydrogen (secondary N) is 1. The Morgan fingerprint density at radius 2 is 1.90 bits per heavy atom. The van der Waals surface area contributed by atoms with Gasteiger partial charge in [-0.25, -0.2) is 9.97 Å². The lowest BCUT2D eigenvalue weighted by atomic mass is 10.0. The lowest BCUT2D eigenvalue weighted by Crippen LogP contribution is -2.40. The summed E-state index contributed by atoms with van der Waals surface area (Å²) in [6.45, 7) is 3.13. The topological polar surface area (TPSA) is 56.3 Å². The third-order valence-corrected chi connectivity index (χ3v) is 3.66. The molecule has 102 valence electrons. The zero-order valence-electron chi connectivity index (χ0n) is 11.0. The van der Waals surface area contributed by atoms with Gasteiger partial charge in [0.1, 0.15) is 19.0 Å². The van der Waals surface area contributed by atoms with Crippen molar-refractivity contribution in [1.82, 2.24) is 15.3 Å². The summed E-state index contributed by atoms with van der Waals surface area (Å²) in [5.74, 6) is 2.94. The molecule has 1 fully saturated rings. The minimum absolute atomic E-state index is 0.437. The van der Waals surface area contributed by atoms with Crippen LogP contribution in [0.2, 0.25) is 0 Å². The molecule has 0 aliphatic carbocycles. The molecule has 1 aromatic carbocycles. The van der Waals surface area contributed by atoms with E-state index in [-0.39, 0.29) is 0 Å². The van der Waals surface area contributed by atoms with Crippen LogP contribution in [0.15, 0.2) is 30.5 Å². The van der Waals surface area contributed by atoms with Gasteiger partial charge in [-0.1, -0.05) is 0 Å². The van der Waals surface area contributed by atoms with Crippen molar-refractivity contribution in [3.05, 3.63) is 36.3 Å². The van der Waals surface area contributed by atoms with Crippen LogP contribution in [-0.4, -0.2) is 36.3 Å². The second-order valence-electron chi connectivity index (χ2n) is 5.01. The van der Waals surface area contributed by atoms with Crippen LogP contribution in [0.25, 0.3) is 11.3 Å². The Morgan fingerprint density at radius 3 is 2.70 bits per heavy atom. The zero-order valence-corrected chi connectivity index (χ0v) is 11.0. The van der Waals surface area contributed by atoms with E-state index in [0.29, 0.717) is 19.1 Å². The number of ether oxygens (including phenoxy) is 2. The van der Waals surface area contributed by atoms with Gasteiger partial charge in [-0.3, -0.25) is 0 Å². The lowest BCUT2D eigenvalue weighted by molar-refractivity contribution is 0.171. The molecule has 0 unspecified atom stereocenters. The van der Waals surface area contributed by atoms with Gasteiger partial charge in [0.2, 0.25) is 0 Å². The highest BCUT2D eigenvalue weighted by molar-refractivity contribution is 5.64. The summed E-state index contributed by atoms with van der Waals surface area (Å²) in [6, 6.07) is 7.87. The number of hydrogen-bond donors (Lipinski definition) is 1. The molecular formula is C15H15N3O2. The normalized spacial score (nSPS) is 17.6. The van der Waals surface area contributed by atoms with E-state index in [1.165, 1.54) is 0 Å². The predicted molar refractivity (Wildman–Crippen MR) is 74.1 cm³/mol.